The van der Waals surface area contributed by atoms with E-state index >= 15 is 0 Å². The van der Waals surface area contributed by atoms with E-state index in [1.807, 2.05) is 0 Å². The lowest BCUT2D eigenvalue weighted by atomic mass is 10.0. The molecule has 6 heteroatoms. The van der Waals surface area contributed by atoms with Gasteiger partial charge in [0.2, 0.25) is 5.91 Å². The molecule has 0 saturated carbocycles. The molecule has 0 aliphatic carbocycles. The number of hydrogen-bond donors (Lipinski definition) is 3. The van der Waals surface area contributed by atoms with Crippen molar-refractivity contribution in [1.82, 2.24) is 5.32 Å². The third-order valence-corrected chi connectivity index (χ3v) is 16.9. The molecule has 0 saturated heterocycles. The normalized spacial score (nSPS) is 12.4. The van der Waals surface area contributed by atoms with Crippen LogP contribution in [-0.4, -0.2) is 47.4 Å². The van der Waals surface area contributed by atoms with Crippen molar-refractivity contribution in [3.63, 3.8) is 0 Å². The quantitative estimate of drug-likeness (QED) is 0.0417. The number of unbranched alkanes of at least 4 members (excludes halogenated alkanes) is 56. The van der Waals surface area contributed by atoms with Crippen molar-refractivity contribution in [1.29, 1.82) is 0 Å². The molecule has 0 fully saturated rings. The fourth-order valence-corrected chi connectivity index (χ4v) is 11.5. The third kappa shape index (κ3) is 62.1. The van der Waals surface area contributed by atoms with Crippen LogP contribution >= 0.6 is 0 Å². The van der Waals surface area contributed by atoms with Gasteiger partial charge in [-0.3, -0.25) is 9.59 Å². The molecule has 0 rings (SSSR count). The van der Waals surface area contributed by atoms with Gasteiger partial charge in [0.25, 0.3) is 0 Å². The molecule has 0 heterocycles. The molecule has 0 aliphatic heterocycles. The molecule has 0 aromatic rings. The number of nitrogens with one attached hydrogen (secondary N) is 1. The molecule has 0 radical (unpaired) electrons. The van der Waals surface area contributed by atoms with Gasteiger partial charge in [-0.2, -0.15) is 0 Å². The number of ether oxygens (including phenoxy) is 1. The number of rotatable bonds is 67. The molecule has 0 bridgehead atoms. The third-order valence-electron chi connectivity index (χ3n) is 16.9. The van der Waals surface area contributed by atoms with Gasteiger partial charge in [-0.25, -0.2) is 0 Å². The Bertz CT molecular complexity index is 1100. The average molecular weight is 1070 g/mol. The van der Waals surface area contributed by atoms with Crippen molar-refractivity contribution in [2.24, 2.45) is 0 Å². The number of esters is 1. The summed E-state index contributed by atoms with van der Waals surface area (Å²) >= 11 is 0. The van der Waals surface area contributed by atoms with Gasteiger partial charge in [0.15, 0.2) is 0 Å². The van der Waals surface area contributed by atoms with E-state index in [9.17, 15) is 19.8 Å². The molecule has 2 unspecified atom stereocenters. The summed E-state index contributed by atoms with van der Waals surface area (Å²) in [5.74, 6) is -0.00930. The van der Waals surface area contributed by atoms with Gasteiger partial charge in [0.1, 0.15) is 0 Å². The number of aliphatic hydroxyl groups excluding tert-OH is 2. The Morgan fingerprint density at radius 1 is 0.316 bits per heavy atom. The van der Waals surface area contributed by atoms with Crippen LogP contribution in [0.4, 0.5) is 0 Å². The second-order valence-electron chi connectivity index (χ2n) is 24.6. The highest BCUT2D eigenvalue weighted by Gasteiger charge is 2.20. The number of hydrogen-bond acceptors (Lipinski definition) is 5. The molecule has 0 aliphatic rings. The average Bonchev–Trinajstić information content (AvgIpc) is 3.42. The van der Waals surface area contributed by atoms with Crippen molar-refractivity contribution >= 4 is 11.9 Å². The Kier molecular flexibility index (Phi) is 65.4. The van der Waals surface area contributed by atoms with E-state index in [2.05, 4.69) is 19.2 Å². The van der Waals surface area contributed by atoms with Crippen LogP contribution in [0.15, 0.2) is 0 Å². The fraction of sp³-hybridized carbons (Fsp3) is 0.971. The summed E-state index contributed by atoms with van der Waals surface area (Å²) in [5.41, 5.74) is 0. The summed E-state index contributed by atoms with van der Waals surface area (Å²) in [4.78, 5) is 24.6. The van der Waals surface area contributed by atoms with Crippen LogP contribution in [0.3, 0.4) is 0 Å². The molecule has 3 N–H and O–H groups in total. The predicted molar refractivity (Wildman–Crippen MR) is 334 cm³/mol. The molecular weight excluding hydrogens is 935 g/mol. The number of carbonyl (C=O) groups is 2. The zero-order valence-electron chi connectivity index (χ0n) is 52.0. The maximum atomic E-state index is 12.5. The van der Waals surface area contributed by atoms with E-state index in [-0.39, 0.29) is 18.5 Å². The summed E-state index contributed by atoms with van der Waals surface area (Å²) in [6, 6.07) is -0.540. The minimum atomic E-state index is -0.663. The largest absolute Gasteiger partial charge is 0.466 e. The van der Waals surface area contributed by atoms with Crippen molar-refractivity contribution in [3.05, 3.63) is 0 Å². The van der Waals surface area contributed by atoms with E-state index < -0.39 is 12.1 Å². The van der Waals surface area contributed by atoms with Crippen LogP contribution in [0.25, 0.3) is 0 Å². The molecule has 454 valence electrons. The maximum absolute atomic E-state index is 12.5. The first-order valence-corrected chi connectivity index (χ1v) is 35.3. The molecule has 0 aromatic heterocycles. The first kappa shape index (κ1) is 74.9. The zero-order chi connectivity index (χ0) is 55.0. The second-order valence-corrected chi connectivity index (χ2v) is 24.6. The predicted octanol–water partition coefficient (Wildman–Crippen LogP) is 22.6. The fourth-order valence-electron chi connectivity index (χ4n) is 11.5. The molecule has 6 nitrogen and oxygen atoms in total. The van der Waals surface area contributed by atoms with Gasteiger partial charge >= 0.3 is 5.97 Å². The number of aliphatic hydroxyl groups is 2. The first-order valence-electron chi connectivity index (χ1n) is 35.3. The zero-order valence-corrected chi connectivity index (χ0v) is 52.0. The molecule has 2 atom stereocenters. The summed E-state index contributed by atoms with van der Waals surface area (Å²) in [6.07, 6.45) is 80.0. The van der Waals surface area contributed by atoms with Gasteiger partial charge in [-0.15, -0.1) is 0 Å². The smallest absolute Gasteiger partial charge is 0.305 e. The van der Waals surface area contributed by atoms with Gasteiger partial charge in [-0.1, -0.05) is 373 Å². The second kappa shape index (κ2) is 66.4. The lowest BCUT2D eigenvalue weighted by Gasteiger charge is -2.22. The summed E-state index contributed by atoms with van der Waals surface area (Å²) in [5, 5.41) is 23.4. The van der Waals surface area contributed by atoms with Crippen LogP contribution in [0, 0.1) is 0 Å². The topological polar surface area (TPSA) is 95.9 Å². The molecular formula is C70H139NO5. The standard InChI is InChI=1S/C70H139NO5/c1-3-5-7-9-11-13-15-17-19-21-30-34-38-42-46-50-54-58-62-68(73)67(66-72)71-69(74)63-59-55-51-47-43-39-35-31-28-26-24-23-25-27-29-33-37-41-45-49-53-57-61-65-76-70(75)64-60-56-52-48-44-40-36-32-22-20-18-16-14-12-10-8-6-4-2/h67-68,72-73H,3-66H2,1-2H3,(H,71,74). The van der Waals surface area contributed by atoms with Crippen molar-refractivity contribution < 1.29 is 24.5 Å². The lowest BCUT2D eigenvalue weighted by molar-refractivity contribution is -0.143. The van der Waals surface area contributed by atoms with Crippen LogP contribution in [0.2, 0.25) is 0 Å². The van der Waals surface area contributed by atoms with Crippen LogP contribution < -0.4 is 5.32 Å². The van der Waals surface area contributed by atoms with Crippen LogP contribution in [0.1, 0.15) is 412 Å². The highest BCUT2D eigenvalue weighted by Crippen LogP contribution is 2.20. The molecule has 0 spiro atoms. The lowest BCUT2D eigenvalue weighted by Crippen LogP contribution is -2.45. The summed E-state index contributed by atoms with van der Waals surface area (Å²) in [7, 11) is 0. The van der Waals surface area contributed by atoms with Gasteiger partial charge in [0, 0.05) is 12.8 Å². The number of carbonyl (C=O) groups excluding carboxylic acids is 2. The van der Waals surface area contributed by atoms with Gasteiger partial charge in [-0.05, 0) is 25.7 Å². The molecule has 76 heavy (non-hydrogen) atoms. The monoisotopic (exact) mass is 1070 g/mol. The van der Waals surface area contributed by atoms with Crippen molar-refractivity contribution in [2.75, 3.05) is 13.2 Å². The van der Waals surface area contributed by atoms with Gasteiger partial charge < -0.3 is 20.3 Å². The minimum Gasteiger partial charge on any atom is -0.466 e. The van der Waals surface area contributed by atoms with E-state index in [1.54, 1.807) is 0 Å². The Hall–Kier alpha value is -1.14. The van der Waals surface area contributed by atoms with E-state index in [0.29, 0.717) is 25.9 Å². The summed E-state index contributed by atoms with van der Waals surface area (Å²) in [6.45, 7) is 5.01. The van der Waals surface area contributed by atoms with Crippen molar-refractivity contribution in [3.8, 4) is 0 Å². The van der Waals surface area contributed by atoms with Crippen molar-refractivity contribution in [2.45, 2.75) is 424 Å². The van der Waals surface area contributed by atoms with E-state index in [1.165, 1.54) is 340 Å². The Morgan fingerprint density at radius 3 is 0.803 bits per heavy atom. The highest BCUT2D eigenvalue weighted by atomic mass is 16.5. The Labute approximate surface area is 476 Å². The van der Waals surface area contributed by atoms with E-state index in [0.717, 1.165) is 38.5 Å². The molecule has 1 amide bonds. The number of amides is 1. The highest BCUT2D eigenvalue weighted by molar-refractivity contribution is 5.76. The Morgan fingerprint density at radius 2 is 0.539 bits per heavy atom. The summed E-state index contributed by atoms with van der Waals surface area (Å²) < 4.78 is 5.51. The van der Waals surface area contributed by atoms with Crippen LogP contribution in [0.5, 0.6) is 0 Å². The Balaban J connectivity index is 3.34. The van der Waals surface area contributed by atoms with E-state index in [4.69, 9.17) is 4.74 Å². The minimum absolute atomic E-state index is 0.0203. The SMILES string of the molecule is CCCCCCCCCCCCCCCCCCCCC(=O)OCCCCCCCCCCCCCCCCCCCCCCCCCC(=O)NC(CO)C(O)CCCCCCCCCCCCCCCCCCCC. The molecule has 0 aromatic carbocycles. The van der Waals surface area contributed by atoms with Crippen LogP contribution in [-0.2, 0) is 14.3 Å². The first-order chi connectivity index (χ1) is 37.5. The maximum Gasteiger partial charge on any atom is 0.305 e. The van der Waals surface area contributed by atoms with Gasteiger partial charge in [0.05, 0.1) is 25.4 Å².